The molecule has 1 saturated heterocycles. The molecule has 2 heterocycles. The summed E-state index contributed by atoms with van der Waals surface area (Å²) in [6.07, 6.45) is 1.52. The van der Waals surface area contributed by atoms with Crippen molar-refractivity contribution in [2.24, 2.45) is 0 Å². The average Bonchev–Trinajstić information content (AvgIpc) is 2.74. The van der Waals surface area contributed by atoms with Gasteiger partial charge in [-0.05, 0) is 48.5 Å². The number of rotatable bonds is 3. The summed E-state index contributed by atoms with van der Waals surface area (Å²) in [6.45, 7) is 2.65. The number of hydrogen-bond acceptors (Lipinski definition) is 4. The zero-order chi connectivity index (χ0) is 19.5. The Bertz CT molecular complexity index is 970. The number of amides is 1. The van der Waals surface area contributed by atoms with Crippen molar-refractivity contribution in [3.63, 3.8) is 0 Å². The van der Waals surface area contributed by atoms with Gasteiger partial charge in [-0.2, -0.15) is 0 Å². The summed E-state index contributed by atoms with van der Waals surface area (Å²) < 4.78 is 14.1. The molecule has 5 nitrogen and oxygen atoms in total. The van der Waals surface area contributed by atoms with Crippen molar-refractivity contribution in [1.29, 1.82) is 0 Å². The number of piperazine rings is 1. The van der Waals surface area contributed by atoms with Gasteiger partial charge in [0.1, 0.15) is 18.0 Å². The smallest absolute Gasteiger partial charge is 0.253 e. The zero-order valence-electron chi connectivity index (χ0n) is 15.1. The topological polar surface area (TPSA) is 49.3 Å². The first-order valence-corrected chi connectivity index (χ1v) is 9.77. The lowest BCUT2D eigenvalue weighted by Gasteiger charge is -2.35. The molecule has 4 rings (SSSR count). The highest BCUT2D eigenvalue weighted by Crippen LogP contribution is 2.22. The van der Waals surface area contributed by atoms with E-state index >= 15 is 0 Å². The second kappa shape index (κ2) is 8.06. The number of hydrogen-bond donors (Lipinski definition) is 0. The van der Waals surface area contributed by atoms with Gasteiger partial charge in [0.2, 0.25) is 0 Å². The molecule has 1 aliphatic rings. The lowest BCUT2D eigenvalue weighted by atomic mass is 10.1. The summed E-state index contributed by atoms with van der Waals surface area (Å²) in [6, 6.07) is 15.6. The Morgan fingerprint density at radius 2 is 1.61 bits per heavy atom. The first kappa shape index (κ1) is 18.6. The van der Waals surface area contributed by atoms with E-state index in [0.29, 0.717) is 31.7 Å². The number of nitrogens with zero attached hydrogens (tertiary/aromatic N) is 4. The largest absolute Gasteiger partial charge is 0.353 e. The van der Waals surface area contributed by atoms with Crippen LogP contribution >= 0.6 is 15.9 Å². The molecule has 2 aromatic carbocycles. The fraction of sp³-hybridized carbons (Fsp3) is 0.190. The van der Waals surface area contributed by atoms with Crippen LogP contribution in [0.25, 0.3) is 11.3 Å². The summed E-state index contributed by atoms with van der Waals surface area (Å²) in [4.78, 5) is 25.3. The van der Waals surface area contributed by atoms with Gasteiger partial charge in [-0.1, -0.05) is 15.9 Å². The lowest BCUT2D eigenvalue weighted by molar-refractivity contribution is 0.0746. The third-order valence-corrected chi connectivity index (χ3v) is 5.30. The Kier molecular flexibility index (Phi) is 5.34. The van der Waals surface area contributed by atoms with Gasteiger partial charge in [0.25, 0.3) is 5.91 Å². The van der Waals surface area contributed by atoms with Crippen LogP contribution in [0.15, 0.2) is 65.4 Å². The standard InChI is InChI=1S/C21H18BrFN4O/c22-17-5-1-16(2-6-17)21(28)27-11-9-26(10-12-27)20-13-19(24-14-25-20)15-3-7-18(23)8-4-15/h1-8,13-14H,9-12H2. The minimum Gasteiger partial charge on any atom is -0.353 e. The van der Waals surface area contributed by atoms with Crippen molar-refractivity contribution in [2.75, 3.05) is 31.1 Å². The number of halogens is 2. The molecule has 0 aliphatic carbocycles. The first-order valence-electron chi connectivity index (χ1n) is 8.98. The normalized spacial score (nSPS) is 14.2. The van der Waals surface area contributed by atoms with Crippen LogP contribution in [0.4, 0.5) is 10.2 Å². The van der Waals surface area contributed by atoms with Gasteiger partial charge in [0, 0.05) is 47.8 Å². The van der Waals surface area contributed by atoms with Crippen LogP contribution in [0.1, 0.15) is 10.4 Å². The molecule has 1 aromatic heterocycles. The molecular weight excluding hydrogens is 423 g/mol. The molecule has 0 N–H and O–H groups in total. The fourth-order valence-electron chi connectivity index (χ4n) is 3.21. The summed E-state index contributed by atoms with van der Waals surface area (Å²) in [7, 11) is 0. The summed E-state index contributed by atoms with van der Waals surface area (Å²) in [5.74, 6) is 0.580. The maximum absolute atomic E-state index is 13.1. The molecule has 28 heavy (non-hydrogen) atoms. The number of aromatic nitrogens is 2. The minimum atomic E-state index is -0.274. The van der Waals surface area contributed by atoms with E-state index in [-0.39, 0.29) is 11.7 Å². The van der Waals surface area contributed by atoms with Crippen LogP contribution in [-0.2, 0) is 0 Å². The van der Waals surface area contributed by atoms with Crippen molar-refractivity contribution in [3.05, 3.63) is 76.8 Å². The van der Waals surface area contributed by atoms with Gasteiger partial charge in [-0.3, -0.25) is 4.79 Å². The van der Waals surface area contributed by atoms with Crippen LogP contribution in [0.2, 0.25) is 0 Å². The third kappa shape index (κ3) is 4.04. The SMILES string of the molecule is O=C(c1ccc(Br)cc1)N1CCN(c2cc(-c3ccc(F)cc3)ncn2)CC1. The maximum Gasteiger partial charge on any atom is 0.253 e. The van der Waals surface area contributed by atoms with Gasteiger partial charge < -0.3 is 9.80 Å². The molecule has 1 fully saturated rings. The van der Waals surface area contributed by atoms with Gasteiger partial charge in [-0.25, -0.2) is 14.4 Å². The van der Waals surface area contributed by atoms with Gasteiger partial charge in [0.05, 0.1) is 5.69 Å². The molecule has 1 aliphatic heterocycles. The van der Waals surface area contributed by atoms with E-state index < -0.39 is 0 Å². The van der Waals surface area contributed by atoms with E-state index in [1.54, 1.807) is 12.1 Å². The van der Waals surface area contributed by atoms with Gasteiger partial charge >= 0.3 is 0 Å². The van der Waals surface area contributed by atoms with Gasteiger partial charge in [-0.15, -0.1) is 0 Å². The highest BCUT2D eigenvalue weighted by atomic mass is 79.9. The van der Waals surface area contributed by atoms with Crippen LogP contribution in [-0.4, -0.2) is 47.0 Å². The number of benzene rings is 2. The molecule has 0 spiro atoms. The second-order valence-electron chi connectivity index (χ2n) is 6.55. The Morgan fingerprint density at radius 1 is 0.929 bits per heavy atom. The van der Waals surface area contributed by atoms with Crippen molar-refractivity contribution < 1.29 is 9.18 Å². The molecule has 0 saturated carbocycles. The molecule has 0 bridgehead atoms. The predicted octanol–water partition coefficient (Wildman–Crippen LogP) is 4.01. The number of anilines is 1. The molecule has 0 atom stereocenters. The molecule has 0 unspecified atom stereocenters. The Labute approximate surface area is 171 Å². The van der Waals surface area contributed by atoms with Crippen LogP contribution in [0.3, 0.4) is 0 Å². The molecule has 1 amide bonds. The van der Waals surface area contributed by atoms with Crippen molar-refractivity contribution >= 4 is 27.7 Å². The van der Waals surface area contributed by atoms with Crippen LogP contribution in [0.5, 0.6) is 0 Å². The molecule has 3 aromatic rings. The maximum atomic E-state index is 13.1. The van der Waals surface area contributed by atoms with Crippen LogP contribution in [0, 0.1) is 5.82 Å². The summed E-state index contributed by atoms with van der Waals surface area (Å²) in [5, 5.41) is 0. The van der Waals surface area contributed by atoms with E-state index in [9.17, 15) is 9.18 Å². The minimum absolute atomic E-state index is 0.0434. The van der Waals surface area contributed by atoms with Gasteiger partial charge in [0.15, 0.2) is 0 Å². The Balaban J connectivity index is 1.44. The molecular formula is C21H18BrFN4O. The Hall–Kier alpha value is -2.80. The quantitative estimate of drug-likeness (QED) is 0.617. The van der Waals surface area contributed by atoms with E-state index in [1.807, 2.05) is 35.2 Å². The lowest BCUT2D eigenvalue weighted by Crippen LogP contribution is -2.49. The fourth-order valence-corrected chi connectivity index (χ4v) is 3.48. The summed E-state index contributed by atoms with van der Waals surface area (Å²) in [5.41, 5.74) is 2.28. The predicted molar refractivity (Wildman–Crippen MR) is 110 cm³/mol. The number of carbonyl (C=O) groups excluding carboxylic acids is 1. The Morgan fingerprint density at radius 3 is 2.29 bits per heavy atom. The molecule has 7 heteroatoms. The average molecular weight is 441 g/mol. The first-order chi connectivity index (χ1) is 13.6. The van der Waals surface area contributed by atoms with E-state index in [1.165, 1.54) is 18.5 Å². The molecule has 142 valence electrons. The number of carbonyl (C=O) groups is 1. The van der Waals surface area contributed by atoms with Crippen molar-refractivity contribution in [3.8, 4) is 11.3 Å². The van der Waals surface area contributed by atoms with Crippen molar-refractivity contribution in [2.45, 2.75) is 0 Å². The highest BCUT2D eigenvalue weighted by molar-refractivity contribution is 9.10. The van der Waals surface area contributed by atoms with Crippen LogP contribution < -0.4 is 4.90 Å². The van der Waals surface area contributed by atoms with Crippen molar-refractivity contribution in [1.82, 2.24) is 14.9 Å². The summed E-state index contributed by atoms with van der Waals surface area (Å²) >= 11 is 3.39. The monoisotopic (exact) mass is 440 g/mol. The molecule has 0 radical (unpaired) electrons. The second-order valence-corrected chi connectivity index (χ2v) is 7.47. The highest BCUT2D eigenvalue weighted by Gasteiger charge is 2.23. The third-order valence-electron chi connectivity index (χ3n) is 4.77. The van der Waals surface area contributed by atoms with E-state index in [2.05, 4.69) is 30.8 Å². The van der Waals surface area contributed by atoms with E-state index in [0.717, 1.165) is 21.5 Å². The van der Waals surface area contributed by atoms with E-state index in [4.69, 9.17) is 0 Å². The zero-order valence-corrected chi connectivity index (χ0v) is 16.6.